The van der Waals surface area contributed by atoms with Gasteiger partial charge in [0.05, 0.1) is 36.7 Å². The summed E-state index contributed by atoms with van der Waals surface area (Å²) in [5, 5.41) is 8.37. The first-order valence-electron chi connectivity index (χ1n) is 11.8. The van der Waals surface area contributed by atoms with Gasteiger partial charge in [0.15, 0.2) is 6.29 Å². The average molecular weight is 460 g/mol. The molecular weight excluding hydrogens is 426 g/mol. The van der Waals surface area contributed by atoms with Crippen molar-refractivity contribution in [1.82, 2.24) is 25.0 Å². The maximum absolute atomic E-state index is 12.3. The maximum Gasteiger partial charge on any atom is 0.309 e. The van der Waals surface area contributed by atoms with Crippen molar-refractivity contribution < 1.29 is 23.7 Å². The van der Waals surface area contributed by atoms with Gasteiger partial charge in [0.1, 0.15) is 17.5 Å². The van der Waals surface area contributed by atoms with E-state index in [1.807, 2.05) is 20.9 Å². The molecule has 2 aliphatic rings. The predicted octanol–water partition coefficient (Wildman–Crippen LogP) is 3.20. The molecule has 1 aliphatic carbocycles. The fourth-order valence-electron chi connectivity index (χ4n) is 4.22. The van der Waals surface area contributed by atoms with Crippen molar-refractivity contribution in [2.75, 3.05) is 6.61 Å². The number of carbonyl (C=O) groups excluding carboxylic acids is 1. The van der Waals surface area contributed by atoms with Gasteiger partial charge in [0.25, 0.3) is 0 Å². The van der Waals surface area contributed by atoms with Crippen molar-refractivity contribution >= 4 is 5.97 Å². The Bertz CT molecular complexity index is 910. The second-order valence-corrected chi connectivity index (χ2v) is 8.94. The quantitative estimate of drug-likeness (QED) is 0.549. The maximum atomic E-state index is 12.3. The Balaban J connectivity index is 1.36. The van der Waals surface area contributed by atoms with Crippen LogP contribution in [0.25, 0.3) is 11.4 Å². The van der Waals surface area contributed by atoms with Crippen LogP contribution in [-0.2, 0) is 32.7 Å². The molecule has 0 amide bonds. The van der Waals surface area contributed by atoms with Crippen molar-refractivity contribution in [1.29, 1.82) is 0 Å². The van der Waals surface area contributed by atoms with Gasteiger partial charge >= 0.3 is 5.97 Å². The molecule has 1 saturated heterocycles. The van der Waals surface area contributed by atoms with Crippen molar-refractivity contribution in [3.8, 4) is 17.3 Å². The van der Waals surface area contributed by atoms with Crippen LogP contribution < -0.4 is 4.74 Å². The summed E-state index contributed by atoms with van der Waals surface area (Å²) >= 11 is 0. The van der Waals surface area contributed by atoms with Crippen molar-refractivity contribution in [3.63, 3.8) is 0 Å². The number of hydrogen-bond donors (Lipinski definition) is 0. The molecule has 10 nitrogen and oxygen atoms in total. The van der Waals surface area contributed by atoms with Gasteiger partial charge in [-0.3, -0.25) is 4.79 Å². The second-order valence-electron chi connectivity index (χ2n) is 8.94. The summed E-state index contributed by atoms with van der Waals surface area (Å²) in [7, 11) is 1.83. The van der Waals surface area contributed by atoms with Crippen LogP contribution in [0.5, 0.6) is 5.88 Å². The zero-order valence-electron chi connectivity index (χ0n) is 19.6. The Labute approximate surface area is 194 Å². The van der Waals surface area contributed by atoms with Gasteiger partial charge in [-0.1, -0.05) is 5.21 Å². The standard InChI is InChI=1S/C23H33N5O5/c1-15(2)32-23(29)16-7-6-8-17(11-16)33-20-13-24-18(12-25-20)22-19(28(3)27-26-22)14-31-21-9-4-5-10-30-21/h12-13,15-17,21H,4-11,14H2,1-3H3/t16-,17-,21?/m0/s1. The Morgan fingerprint density at radius 2 is 2.06 bits per heavy atom. The molecule has 2 fully saturated rings. The van der Waals surface area contributed by atoms with Crippen LogP contribution in [0.3, 0.4) is 0 Å². The first-order chi connectivity index (χ1) is 16.0. The molecule has 33 heavy (non-hydrogen) atoms. The van der Waals surface area contributed by atoms with Gasteiger partial charge < -0.3 is 18.9 Å². The van der Waals surface area contributed by atoms with E-state index in [1.165, 1.54) is 0 Å². The molecule has 0 aromatic carbocycles. The van der Waals surface area contributed by atoms with Crippen LogP contribution in [0.2, 0.25) is 0 Å². The van der Waals surface area contributed by atoms with Gasteiger partial charge in [-0.2, -0.15) is 0 Å². The van der Waals surface area contributed by atoms with E-state index in [4.69, 9.17) is 18.9 Å². The summed E-state index contributed by atoms with van der Waals surface area (Å²) in [6.07, 6.45) is 9.17. The third kappa shape index (κ3) is 6.26. The zero-order valence-corrected chi connectivity index (χ0v) is 19.6. The predicted molar refractivity (Wildman–Crippen MR) is 118 cm³/mol. The highest BCUT2D eigenvalue weighted by Crippen LogP contribution is 2.29. The first kappa shape index (κ1) is 23.6. The van der Waals surface area contributed by atoms with Gasteiger partial charge in [-0.15, -0.1) is 5.10 Å². The van der Waals surface area contributed by atoms with Crippen LogP contribution in [0.1, 0.15) is 64.5 Å². The van der Waals surface area contributed by atoms with E-state index >= 15 is 0 Å². The number of ether oxygens (including phenoxy) is 4. The lowest BCUT2D eigenvalue weighted by molar-refractivity contribution is -0.169. The topological polar surface area (TPSA) is 110 Å². The minimum absolute atomic E-state index is 0.0837. The third-order valence-electron chi connectivity index (χ3n) is 5.96. The summed E-state index contributed by atoms with van der Waals surface area (Å²) in [6.45, 7) is 4.79. The largest absolute Gasteiger partial charge is 0.473 e. The number of nitrogens with zero attached hydrogens (tertiary/aromatic N) is 5. The average Bonchev–Trinajstić information content (AvgIpc) is 3.19. The molecular formula is C23H33N5O5. The van der Waals surface area contributed by atoms with Crippen molar-refractivity contribution in [2.45, 2.75) is 83.9 Å². The SMILES string of the molecule is CC(C)OC(=O)[C@H]1CCC[C@H](Oc2cnc(-c3nnn(C)c3COC3CCCCO3)cn2)C1. The second kappa shape index (κ2) is 11.0. The highest BCUT2D eigenvalue weighted by Gasteiger charge is 2.30. The molecule has 3 atom stereocenters. The van der Waals surface area contributed by atoms with Crippen LogP contribution in [0.15, 0.2) is 12.4 Å². The number of esters is 1. The van der Waals surface area contributed by atoms with Crippen LogP contribution >= 0.6 is 0 Å². The molecule has 10 heteroatoms. The normalized spacial score (nSPS) is 23.5. The molecule has 0 N–H and O–H groups in total. The molecule has 1 aliphatic heterocycles. The van der Waals surface area contributed by atoms with E-state index in [0.29, 0.717) is 30.3 Å². The molecule has 0 bridgehead atoms. The van der Waals surface area contributed by atoms with Gasteiger partial charge in [0.2, 0.25) is 5.88 Å². The number of aryl methyl sites for hydroxylation is 1. The Kier molecular flexibility index (Phi) is 7.87. The molecule has 4 rings (SSSR count). The number of aromatic nitrogens is 5. The Hall–Kier alpha value is -2.59. The van der Waals surface area contributed by atoms with Crippen molar-refractivity contribution in [2.24, 2.45) is 13.0 Å². The number of carbonyl (C=O) groups is 1. The summed E-state index contributed by atoms with van der Waals surface area (Å²) in [5.41, 5.74) is 2.04. The van der Waals surface area contributed by atoms with E-state index < -0.39 is 0 Å². The lowest BCUT2D eigenvalue weighted by Gasteiger charge is -2.28. The molecule has 0 spiro atoms. The Morgan fingerprint density at radius 3 is 2.79 bits per heavy atom. The summed E-state index contributed by atoms with van der Waals surface area (Å²) < 4.78 is 24.6. The molecule has 1 saturated carbocycles. The third-order valence-corrected chi connectivity index (χ3v) is 5.96. The number of rotatable bonds is 8. The minimum atomic E-state index is -0.194. The molecule has 0 radical (unpaired) electrons. The Morgan fingerprint density at radius 1 is 1.18 bits per heavy atom. The lowest BCUT2D eigenvalue weighted by atomic mass is 9.87. The first-order valence-corrected chi connectivity index (χ1v) is 11.8. The smallest absolute Gasteiger partial charge is 0.309 e. The summed E-state index contributed by atoms with van der Waals surface area (Å²) in [4.78, 5) is 21.2. The van der Waals surface area contributed by atoms with Gasteiger partial charge in [-0.05, 0) is 58.8 Å². The van der Waals surface area contributed by atoms with E-state index in [9.17, 15) is 4.79 Å². The summed E-state index contributed by atoms with van der Waals surface area (Å²) in [6, 6.07) is 0. The molecule has 1 unspecified atom stereocenters. The van der Waals surface area contributed by atoms with Crippen LogP contribution in [0, 0.1) is 5.92 Å². The fourth-order valence-corrected chi connectivity index (χ4v) is 4.22. The summed E-state index contributed by atoms with van der Waals surface area (Å²) in [5.74, 6) is 0.156. The van der Waals surface area contributed by atoms with E-state index in [2.05, 4.69) is 20.3 Å². The monoisotopic (exact) mass is 459 g/mol. The molecule has 2 aromatic heterocycles. The van der Waals surface area contributed by atoms with Gasteiger partial charge in [-0.25, -0.2) is 14.6 Å². The van der Waals surface area contributed by atoms with Crippen molar-refractivity contribution in [3.05, 3.63) is 18.1 Å². The van der Waals surface area contributed by atoms with E-state index in [0.717, 1.165) is 50.8 Å². The van der Waals surface area contributed by atoms with E-state index in [-0.39, 0.29) is 30.4 Å². The van der Waals surface area contributed by atoms with Crippen LogP contribution in [0.4, 0.5) is 0 Å². The minimum Gasteiger partial charge on any atom is -0.473 e. The molecule has 180 valence electrons. The molecule has 2 aromatic rings. The zero-order chi connectivity index (χ0) is 23.2. The highest BCUT2D eigenvalue weighted by molar-refractivity contribution is 5.72. The van der Waals surface area contributed by atoms with Gasteiger partial charge in [0, 0.05) is 13.7 Å². The van der Waals surface area contributed by atoms with Crippen LogP contribution in [-0.4, -0.2) is 56.0 Å². The lowest BCUT2D eigenvalue weighted by Crippen LogP contribution is -2.31. The highest BCUT2D eigenvalue weighted by atomic mass is 16.7. The molecule has 3 heterocycles. The van der Waals surface area contributed by atoms with E-state index in [1.54, 1.807) is 17.1 Å². The number of hydrogen-bond acceptors (Lipinski definition) is 9. The fraction of sp³-hybridized carbons (Fsp3) is 0.696.